The monoisotopic (exact) mass is 346 g/mol. The molecule has 2 heterocycles. The van der Waals surface area contributed by atoms with Gasteiger partial charge in [0, 0.05) is 31.6 Å². The summed E-state index contributed by atoms with van der Waals surface area (Å²) in [6.45, 7) is 3.74. The zero-order chi connectivity index (χ0) is 16.6. The molecule has 2 N–H and O–H groups in total. The molecule has 1 atom stereocenters. The van der Waals surface area contributed by atoms with E-state index in [1.165, 1.54) is 0 Å². The smallest absolute Gasteiger partial charge is 0.319 e. The van der Waals surface area contributed by atoms with Crippen LogP contribution in [-0.4, -0.2) is 11.8 Å². The molecule has 0 aliphatic carbocycles. The van der Waals surface area contributed by atoms with Crippen LogP contribution < -0.4 is 10.6 Å². The standard InChI is InChI=1S/C17H15ClN2O2S/c1-9-3-8-13(23-9)15-14(10(2)19-17(22)20-15)16(21)11-4-6-12(18)7-5-11/h3-8,15H,1-2H3,(H2,19,20,22). The van der Waals surface area contributed by atoms with E-state index in [0.29, 0.717) is 21.9 Å². The molecule has 1 aliphatic heterocycles. The largest absolute Gasteiger partial charge is 0.326 e. The van der Waals surface area contributed by atoms with Gasteiger partial charge in [0.05, 0.1) is 6.04 Å². The average molecular weight is 347 g/mol. The minimum absolute atomic E-state index is 0.122. The number of thiophene rings is 1. The van der Waals surface area contributed by atoms with E-state index in [0.717, 1.165) is 9.75 Å². The summed E-state index contributed by atoms with van der Waals surface area (Å²) in [7, 11) is 0. The summed E-state index contributed by atoms with van der Waals surface area (Å²) < 4.78 is 0. The van der Waals surface area contributed by atoms with Crippen LogP contribution >= 0.6 is 22.9 Å². The summed E-state index contributed by atoms with van der Waals surface area (Å²) >= 11 is 7.45. The van der Waals surface area contributed by atoms with Gasteiger partial charge in [0.1, 0.15) is 0 Å². The van der Waals surface area contributed by atoms with Crippen molar-refractivity contribution in [2.75, 3.05) is 0 Å². The van der Waals surface area contributed by atoms with Crippen molar-refractivity contribution in [2.24, 2.45) is 0 Å². The van der Waals surface area contributed by atoms with E-state index in [2.05, 4.69) is 10.6 Å². The van der Waals surface area contributed by atoms with Gasteiger partial charge in [-0.25, -0.2) is 4.79 Å². The first-order chi connectivity index (χ1) is 11.0. The lowest BCUT2D eigenvalue weighted by molar-refractivity contribution is 0.102. The lowest BCUT2D eigenvalue weighted by atomic mass is 9.93. The van der Waals surface area contributed by atoms with Crippen LogP contribution in [0.2, 0.25) is 5.02 Å². The fourth-order valence-corrected chi connectivity index (χ4v) is 3.64. The van der Waals surface area contributed by atoms with Crippen molar-refractivity contribution >= 4 is 34.8 Å². The molecule has 1 aromatic heterocycles. The van der Waals surface area contributed by atoms with Crippen LogP contribution in [-0.2, 0) is 0 Å². The van der Waals surface area contributed by atoms with E-state index in [9.17, 15) is 9.59 Å². The maximum atomic E-state index is 12.9. The highest BCUT2D eigenvalue weighted by molar-refractivity contribution is 7.12. The predicted molar refractivity (Wildman–Crippen MR) is 91.9 cm³/mol. The number of rotatable bonds is 3. The second-order valence-electron chi connectivity index (χ2n) is 5.35. The molecule has 3 rings (SSSR count). The Balaban J connectivity index is 2.04. The van der Waals surface area contributed by atoms with Gasteiger partial charge in [-0.15, -0.1) is 11.3 Å². The number of nitrogens with one attached hydrogen (secondary N) is 2. The number of amides is 2. The Bertz CT molecular complexity index is 808. The predicted octanol–water partition coefficient (Wildman–Crippen LogP) is 4.22. The summed E-state index contributed by atoms with van der Waals surface area (Å²) in [4.78, 5) is 26.8. The molecular weight excluding hydrogens is 332 g/mol. The Morgan fingerprint density at radius 2 is 1.83 bits per heavy atom. The van der Waals surface area contributed by atoms with E-state index in [1.54, 1.807) is 42.5 Å². The number of benzene rings is 1. The van der Waals surface area contributed by atoms with E-state index in [4.69, 9.17) is 11.6 Å². The molecule has 2 amide bonds. The van der Waals surface area contributed by atoms with Crippen LogP contribution in [0.25, 0.3) is 0 Å². The van der Waals surface area contributed by atoms with Gasteiger partial charge in [0.15, 0.2) is 5.78 Å². The van der Waals surface area contributed by atoms with Gasteiger partial charge in [0.25, 0.3) is 0 Å². The van der Waals surface area contributed by atoms with E-state index < -0.39 is 6.04 Å². The maximum Gasteiger partial charge on any atom is 0.319 e. The molecule has 0 saturated carbocycles. The average Bonchev–Trinajstić information content (AvgIpc) is 2.93. The van der Waals surface area contributed by atoms with Crippen molar-refractivity contribution in [3.8, 4) is 0 Å². The van der Waals surface area contributed by atoms with Gasteiger partial charge >= 0.3 is 6.03 Å². The van der Waals surface area contributed by atoms with Crippen LogP contribution in [0.3, 0.4) is 0 Å². The van der Waals surface area contributed by atoms with Crippen LogP contribution in [0, 0.1) is 6.92 Å². The van der Waals surface area contributed by atoms with Crippen LogP contribution in [0.4, 0.5) is 4.79 Å². The lowest BCUT2D eigenvalue weighted by Gasteiger charge is -2.27. The number of ketones is 1. The summed E-state index contributed by atoms with van der Waals surface area (Å²) in [5, 5.41) is 6.11. The molecule has 1 unspecified atom stereocenters. The molecule has 0 radical (unpaired) electrons. The maximum absolute atomic E-state index is 12.9. The van der Waals surface area contributed by atoms with Crippen molar-refractivity contribution in [2.45, 2.75) is 19.9 Å². The van der Waals surface area contributed by atoms with Gasteiger partial charge in [-0.05, 0) is 50.2 Å². The fourth-order valence-electron chi connectivity index (χ4n) is 2.57. The minimum Gasteiger partial charge on any atom is -0.326 e. The van der Waals surface area contributed by atoms with Crippen molar-refractivity contribution in [1.29, 1.82) is 0 Å². The third kappa shape index (κ3) is 3.16. The van der Waals surface area contributed by atoms with E-state index >= 15 is 0 Å². The number of carbonyl (C=O) groups excluding carboxylic acids is 2. The van der Waals surface area contributed by atoms with Crippen molar-refractivity contribution in [3.05, 3.63) is 68.0 Å². The highest BCUT2D eigenvalue weighted by atomic mass is 35.5. The molecule has 4 nitrogen and oxygen atoms in total. The number of aryl methyl sites for hydroxylation is 1. The number of Topliss-reactive ketones (excluding diaryl/α,β-unsaturated/α-hetero) is 1. The quantitative estimate of drug-likeness (QED) is 0.817. The van der Waals surface area contributed by atoms with Gasteiger partial charge in [-0.3, -0.25) is 4.79 Å². The SMILES string of the molecule is CC1=C(C(=O)c2ccc(Cl)cc2)C(c2ccc(C)s2)NC(=O)N1. The van der Waals surface area contributed by atoms with Gasteiger partial charge < -0.3 is 10.6 Å². The van der Waals surface area contributed by atoms with E-state index in [1.807, 2.05) is 19.1 Å². The molecule has 1 aromatic carbocycles. The molecule has 118 valence electrons. The zero-order valence-corrected chi connectivity index (χ0v) is 14.2. The van der Waals surface area contributed by atoms with Crippen LogP contribution in [0.5, 0.6) is 0 Å². The number of halogens is 1. The fraction of sp³-hybridized carbons (Fsp3) is 0.176. The van der Waals surface area contributed by atoms with Crippen molar-refractivity contribution < 1.29 is 9.59 Å². The van der Waals surface area contributed by atoms with Crippen LogP contribution in [0.15, 0.2) is 47.7 Å². The number of urea groups is 1. The first kappa shape index (κ1) is 15.8. The van der Waals surface area contributed by atoms with Gasteiger partial charge in [-0.2, -0.15) is 0 Å². The zero-order valence-electron chi connectivity index (χ0n) is 12.6. The van der Waals surface area contributed by atoms with Crippen molar-refractivity contribution in [1.82, 2.24) is 10.6 Å². The summed E-state index contributed by atoms with van der Waals surface area (Å²) in [6.07, 6.45) is 0. The van der Waals surface area contributed by atoms with Crippen LogP contribution in [0.1, 0.15) is 33.1 Å². The molecule has 2 aromatic rings. The first-order valence-corrected chi connectivity index (χ1v) is 8.30. The van der Waals surface area contributed by atoms with Gasteiger partial charge in [0.2, 0.25) is 0 Å². The number of allylic oxidation sites excluding steroid dienone is 1. The number of hydrogen-bond donors (Lipinski definition) is 2. The Labute approximate surface area is 143 Å². The Hall–Kier alpha value is -2.11. The summed E-state index contributed by atoms with van der Waals surface area (Å²) in [6, 6.07) is 9.94. The van der Waals surface area contributed by atoms with Crippen molar-refractivity contribution in [3.63, 3.8) is 0 Å². The molecule has 23 heavy (non-hydrogen) atoms. The highest BCUT2D eigenvalue weighted by Gasteiger charge is 2.32. The molecule has 0 fully saturated rings. The lowest BCUT2D eigenvalue weighted by Crippen LogP contribution is -2.44. The minimum atomic E-state index is -0.439. The molecular formula is C17H15ClN2O2S. The number of carbonyl (C=O) groups is 2. The molecule has 0 spiro atoms. The molecule has 1 aliphatic rings. The topological polar surface area (TPSA) is 58.2 Å². The molecule has 0 bridgehead atoms. The Morgan fingerprint density at radius 1 is 1.13 bits per heavy atom. The second kappa shape index (κ2) is 6.18. The first-order valence-electron chi connectivity index (χ1n) is 7.10. The summed E-state index contributed by atoms with van der Waals surface area (Å²) in [5.74, 6) is -0.122. The Kier molecular flexibility index (Phi) is 4.24. The highest BCUT2D eigenvalue weighted by Crippen LogP contribution is 2.33. The third-order valence-corrected chi connectivity index (χ3v) is 4.98. The number of hydrogen-bond acceptors (Lipinski definition) is 3. The second-order valence-corrected chi connectivity index (χ2v) is 7.11. The molecule has 6 heteroatoms. The van der Waals surface area contributed by atoms with Gasteiger partial charge in [-0.1, -0.05) is 11.6 Å². The molecule has 0 saturated heterocycles. The Morgan fingerprint density at radius 3 is 2.43 bits per heavy atom. The third-order valence-electron chi connectivity index (χ3n) is 3.67. The normalized spacial score (nSPS) is 17.7. The van der Waals surface area contributed by atoms with E-state index in [-0.39, 0.29) is 11.8 Å². The summed E-state index contributed by atoms with van der Waals surface area (Å²) in [5.41, 5.74) is 1.67.